The van der Waals surface area contributed by atoms with Crippen LogP contribution < -0.4 is 11.6 Å². The highest BCUT2D eigenvalue weighted by Crippen LogP contribution is 2.41. The van der Waals surface area contributed by atoms with Crippen molar-refractivity contribution < 1.29 is 9.39 Å². The fourth-order valence-electron chi connectivity index (χ4n) is 5.26. The summed E-state index contributed by atoms with van der Waals surface area (Å²) in [6, 6.07) is 16.0. The fourth-order valence-corrected chi connectivity index (χ4v) is 5.26. The topological polar surface area (TPSA) is 120 Å². The Balaban J connectivity index is 1.39. The summed E-state index contributed by atoms with van der Waals surface area (Å²) < 4.78 is -0.0358. The number of hydrogen-bond acceptors (Lipinski definition) is 6. The Bertz CT molecular complexity index is 1450. The van der Waals surface area contributed by atoms with E-state index in [4.69, 9.17) is 21.6 Å². The van der Waals surface area contributed by atoms with Gasteiger partial charge in [-0.05, 0) is 43.9 Å². The number of carbonyl (C=O) groups is 1. The van der Waals surface area contributed by atoms with Gasteiger partial charge >= 0.3 is 0 Å². The summed E-state index contributed by atoms with van der Waals surface area (Å²) >= 11 is 0. The third kappa shape index (κ3) is 3.67. The zero-order chi connectivity index (χ0) is 24.0. The number of nitrogens with zero attached hydrogens (tertiary/aromatic N) is 5. The van der Waals surface area contributed by atoms with Crippen LogP contribution in [0.25, 0.3) is 22.3 Å². The molecule has 174 valence electrons. The van der Waals surface area contributed by atoms with Gasteiger partial charge in [-0.3, -0.25) is 14.8 Å². The van der Waals surface area contributed by atoms with E-state index in [0.29, 0.717) is 0 Å². The lowest BCUT2D eigenvalue weighted by atomic mass is 9.80. The lowest BCUT2D eigenvalue weighted by molar-refractivity contribution is -0.750. The largest absolute Gasteiger partial charge is 0.369 e. The van der Waals surface area contributed by atoms with Crippen molar-refractivity contribution >= 4 is 29.0 Å². The molecule has 1 saturated carbocycles. The summed E-state index contributed by atoms with van der Waals surface area (Å²) in [5, 5.41) is 0. The van der Waals surface area contributed by atoms with E-state index in [-0.39, 0.29) is 22.3 Å². The molecule has 8 heteroatoms. The molecule has 2 aliphatic heterocycles. The Morgan fingerprint density at radius 3 is 2.54 bits per heavy atom. The van der Waals surface area contributed by atoms with Crippen LogP contribution in [0.3, 0.4) is 0 Å². The predicted octanol–water partition coefficient (Wildman–Crippen LogP) is 3.81. The van der Waals surface area contributed by atoms with Gasteiger partial charge in [0.2, 0.25) is 11.6 Å². The van der Waals surface area contributed by atoms with Crippen LogP contribution in [0.15, 0.2) is 88.5 Å². The molecule has 1 aromatic heterocycles. The van der Waals surface area contributed by atoms with Gasteiger partial charge < -0.3 is 5.73 Å². The molecule has 3 aliphatic rings. The zero-order valence-electron chi connectivity index (χ0n) is 19.2. The maximum absolute atomic E-state index is 11.6. The molecule has 1 aliphatic carbocycles. The molecule has 35 heavy (non-hydrogen) atoms. The van der Waals surface area contributed by atoms with Gasteiger partial charge in [0.25, 0.3) is 5.84 Å². The molecule has 0 bridgehead atoms. The highest BCUT2D eigenvalue weighted by molar-refractivity contribution is 6.02. The van der Waals surface area contributed by atoms with Crippen LogP contribution in [-0.4, -0.2) is 32.5 Å². The Morgan fingerprint density at radius 1 is 0.971 bits per heavy atom. The SMILES string of the molecule is NC(=O)C1CCC(C2=C3C=NC=C[N+]3(N)C(c3ccc4ncc(-c5ccccc5)nc4c3)=N2)CC1. The van der Waals surface area contributed by atoms with Crippen molar-refractivity contribution in [3.05, 3.63) is 84.1 Å². The standard InChI is InChI=1S/C27H25N7O/c28-26(35)19-8-6-18(7-9-19)25-24-16-30-12-13-34(24,29)27(33-25)20-10-11-21-22(14-20)32-23(15-31-21)17-4-2-1-3-5-17/h1-5,10-16,18-19H,6-9,29H2,(H-,28,35)/p+1. The van der Waals surface area contributed by atoms with Gasteiger partial charge in [-0.1, -0.05) is 30.3 Å². The number of amides is 1. The molecular weight excluding hydrogens is 438 g/mol. The lowest BCUT2D eigenvalue weighted by Gasteiger charge is -2.28. The maximum atomic E-state index is 11.6. The highest BCUT2D eigenvalue weighted by atomic mass is 16.1. The molecule has 1 unspecified atom stereocenters. The summed E-state index contributed by atoms with van der Waals surface area (Å²) in [5.41, 5.74) is 11.7. The quantitative estimate of drug-likeness (QED) is 0.451. The van der Waals surface area contributed by atoms with Crippen LogP contribution >= 0.6 is 0 Å². The van der Waals surface area contributed by atoms with Gasteiger partial charge in [0.15, 0.2) is 0 Å². The maximum Gasteiger partial charge on any atom is 0.264 e. The second-order valence-electron chi connectivity index (χ2n) is 9.34. The van der Waals surface area contributed by atoms with Crippen LogP contribution in [0, 0.1) is 11.8 Å². The molecule has 1 fully saturated rings. The minimum Gasteiger partial charge on any atom is -0.369 e. The summed E-state index contributed by atoms with van der Waals surface area (Å²) in [6.45, 7) is 0. The van der Waals surface area contributed by atoms with Crippen molar-refractivity contribution in [2.45, 2.75) is 25.7 Å². The lowest BCUT2D eigenvalue weighted by Crippen LogP contribution is -2.53. The molecule has 8 nitrogen and oxygen atoms in total. The van der Waals surface area contributed by atoms with E-state index in [2.05, 4.69) is 9.98 Å². The number of hydrogen-bond donors (Lipinski definition) is 2. The number of amidine groups is 1. The van der Waals surface area contributed by atoms with Crippen LogP contribution in [0.1, 0.15) is 31.2 Å². The second-order valence-corrected chi connectivity index (χ2v) is 9.34. The van der Waals surface area contributed by atoms with E-state index >= 15 is 0 Å². The average Bonchev–Trinajstić information content (AvgIpc) is 3.21. The molecule has 2 aromatic carbocycles. The van der Waals surface area contributed by atoms with E-state index in [9.17, 15) is 4.79 Å². The monoisotopic (exact) mass is 464 g/mol. The third-order valence-corrected chi connectivity index (χ3v) is 7.21. The van der Waals surface area contributed by atoms with Crippen LogP contribution in [0.4, 0.5) is 0 Å². The predicted molar refractivity (Wildman–Crippen MR) is 135 cm³/mol. The van der Waals surface area contributed by atoms with Crippen molar-refractivity contribution in [2.75, 3.05) is 0 Å². The van der Waals surface area contributed by atoms with E-state index in [1.807, 2.05) is 54.7 Å². The summed E-state index contributed by atoms with van der Waals surface area (Å²) in [5.74, 6) is 7.60. The Morgan fingerprint density at radius 2 is 1.77 bits per heavy atom. The molecule has 4 N–H and O–H groups in total. The number of fused-ring (bicyclic) bond motifs is 2. The number of allylic oxidation sites excluding steroid dienone is 2. The van der Waals surface area contributed by atoms with Crippen LogP contribution in [-0.2, 0) is 4.79 Å². The molecule has 3 aromatic rings. The smallest absolute Gasteiger partial charge is 0.264 e. The first-order valence-corrected chi connectivity index (χ1v) is 11.9. The van der Waals surface area contributed by atoms with Crippen molar-refractivity contribution in [2.24, 2.45) is 33.4 Å². The minimum atomic E-state index is -0.213. The van der Waals surface area contributed by atoms with Gasteiger partial charge in [0.1, 0.15) is 11.9 Å². The number of rotatable bonds is 4. The Kier molecular flexibility index (Phi) is 5.12. The van der Waals surface area contributed by atoms with Gasteiger partial charge in [-0.15, -0.1) is 4.59 Å². The van der Waals surface area contributed by atoms with E-state index in [1.165, 1.54) is 0 Å². The van der Waals surface area contributed by atoms with Gasteiger partial charge in [0.05, 0.1) is 40.9 Å². The van der Waals surface area contributed by atoms with Gasteiger partial charge in [-0.25, -0.2) is 4.98 Å². The molecular formula is C27H26N7O+. The average molecular weight is 465 g/mol. The number of quaternary nitrogens is 1. The van der Waals surface area contributed by atoms with Gasteiger partial charge in [-0.2, -0.15) is 10.8 Å². The number of carbonyl (C=O) groups excluding carboxylic acids is 1. The molecule has 0 spiro atoms. The minimum absolute atomic E-state index is 0.0358. The summed E-state index contributed by atoms with van der Waals surface area (Å²) in [7, 11) is 0. The van der Waals surface area contributed by atoms with Gasteiger partial charge in [0, 0.05) is 17.4 Å². The first-order chi connectivity index (χ1) is 17.0. The van der Waals surface area contributed by atoms with Crippen molar-refractivity contribution in [1.29, 1.82) is 0 Å². The van der Waals surface area contributed by atoms with E-state index in [0.717, 1.165) is 70.8 Å². The first-order valence-electron chi connectivity index (χ1n) is 11.9. The summed E-state index contributed by atoms with van der Waals surface area (Å²) in [4.78, 5) is 30.6. The normalized spacial score (nSPS) is 25.6. The fraction of sp³-hybridized carbons (Fsp3) is 0.222. The van der Waals surface area contributed by atoms with Crippen molar-refractivity contribution in [3.63, 3.8) is 0 Å². The van der Waals surface area contributed by atoms with Crippen LogP contribution in [0.5, 0.6) is 0 Å². The number of benzene rings is 2. The van der Waals surface area contributed by atoms with Crippen LogP contribution in [0.2, 0.25) is 0 Å². The number of aliphatic imine (C=N–C) groups is 2. The Hall–Kier alpha value is -4.01. The number of primary amides is 1. The highest BCUT2D eigenvalue weighted by Gasteiger charge is 2.46. The third-order valence-electron chi connectivity index (χ3n) is 7.21. The Labute approximate surface area is 203 Å². The van der Waals surface area contributed by atoms with E-state index < -0.39 is 0 Å². The van der Waals surface area contributed by atoms with Crippen molar-refractivity contribution in [1.82, 2.24) is 9.97 Å². The molecule has 3 heterocycles. The zero-order valence-corrected chi connectivity index (χ0v) is 19.2. The summed E-state index contributed by atoms with van der Waals surface area (Å²) in [6.07, 6.45) is 10.4. The molecule has 1 atom stereocenters. The molecule has 6 rings (SSSR count). The first kappa shape index (κ1) is 21.5. The number of aromatic nitrogens is 2. The number of nitrogens with two attached hydrogens (primary N) is 2. The van der Waals surface area contributed by atoms with E-state index in [1.54, 1.807) is 18.6 Å². The van der Waals surface area contributed by atoms with Crippen molar-refractivity contribution in [3.8, 4) is 11.3 Å². The molecule has 1 amide bonds. The molecule has 0 saturated heterocycles. The molecule has 0 radical (unpaired) electrons. The second kappa shape index (κ2) is 8.33.